The number of carboxylic acids is 1. The molecule has 0 amide bonds. The van der Waals surface area contributed by atoms with Crippen molar-refractivity contribution in [2.24, 2.45) is 5.10 Å². The van der Waals surface area contributed by atoms with E-state index in [-0.39, 0.29) is 11.5 Å². The van der Waals surface area contributed by atoms with Crippen LogP contribution in [0.1, 0.15) is 47.1 Å². The summed E-state index contributed by atoms with van der Waals surface area (Å²) >= 11 is 4.95. The Kier molecular flexibility index (Phi) is 6.64. The molecule has 0 aliphatic carbocycles. The molecule has 3 rings (SSSR count). The summed E-state index contributed by atoms with van der Waals surface area (Å²) in [7, 11) is 0. The van der Waals surface area contributed by atoms with Crippen molar-refractivity contribution in [1.82, 2.24) is 14.9 Å². The molecule has 0 saturated heterocycles. The quantitative estimate of drug-likeness (QED) is 0.398. The van der Waals surface area contributed by atoms with Crippen LogP contribution in [0.2, 0.25) is 0 Å². The van der Waals surface area contributed by atoms with E-state index in [0.29, 0.717) is 22.3 Å². The predicted molar refractivity (Wildman–Crippen MR) is 112 cm³/mol. The maximum atomic E-state index is 11.3. The summed E-state index contributed by atoms with van der Waals surface area (Å²) in [5, 5.41) is 24.9. The van der Waals surface area contributed by atoms with Crippen LogP contribution < -0.4 is 5.11 Å². The highest BCUT2D eigenvalue weighted by atomic mass is 79.9. The zero-order valence-electron chi connectivity index (χ0n) is 15.4. The molecule has 0 fully saturated rings. The molecule has 0 spiro atoms. The van der Waals surface area contributed by atoms with Crippen LogP contribution in [0.4, 0.5) is 0 Å². The van der Waals surface area contributed by atoms with Gasteiger partial charge in [-0.15, -0.1) is 10.2 Å². The van der Waals surface area contributed by atoms with Crippen molar-refractivity contribution >= 4 is 39.9 Å². The smallest absolute Gasteiger partial charge is 0.212 e. The van der Waals surface area contributed by atoms with Crippen LogP contribution in [0.3, 0.4) is 0 Å². The third-order valence-electron chi connectivity index (χ3n) is 3.93. The number of halogens is 1. The lowest BCUT2D eigenvalue weighted by Gasteiger charge is -2.08. The summed E-state index contributed by atoms with van der Waals surface area (Å²) in [5.41, 5.74) is 1.71. The molecule has 8 heteroatoms. The Balaban J connectivity index is 1.88. The fraction of sp³-hybridized carbons (Fsp3) is 0.200. The maximum Gasteiger partial charge on any atom is 0.212 e. The first-order valence-electron chi connectivity index (χ1n) is 8.63. The van der Waals surface area contributed by atoms with Crippen molar-refractivity contribution in [2.75, 3.05) is 0 Å². The van der Waals surface area contributed by atoms with Crippen molar-refractivity contribution in [1.29, 1.82) is 0 Å². The van der Waals surface area contributed by atoms with Crippen molar-refractivity contribution in [3.05, 3.63) is 75.5 Å². The van der Waals surface area contributed by atoms with Crippen LogP contribution in [-0.4, -0.2) is 27.1 Å². The highest BCUT2D eigenvalue weighted by Crippen LogP contribution is 2.25. The third-order valence-corrected chi connectivity index (χ3v) is 5.45. The Labute approximate surface area is 175 Å². The Morgan fingerprint density at radius 3 is 2.61 bits per heavy atom. The van der Waals surface area contributed by atoms with Crippen molar-refractivity contribution < 1.29 is 9.90 Å². The fourth-order valence-corrected chi connectivity index (χ4v) is 3.59. The topological polar surface area (TPSA) is 83.2 Å². The van der Waals surface area contributed by atoms with Crippen molar-refractivity contribution in [2.45, 2.75) is 30.7 Å². The van der Waals surface area contributed by atoms with Gasteiger partial charge in [0.2, 0.25) is 5.16 Å². The summed E-state index contributed by atoms with van der Waals surface area (Å²) in [6, 6.07) is 14.7. The molecule has 0 saturated carbocycles. The van der Waals surface area contributed by atoms with E-state index in [2.05, 4.69) is 31.2 Å². The van der Waals surface area contributed by atoms with E-state index in [9.17, 15) is 9.90 Å². The Morgan fingerprint density at radius 1 is 1.21 bits per heavy atom. The van der Waals surface area contributed by atoms with Crippen LogP contribution in [0.25, 0.3) is 0 Å². The fourth-order valence-electron chi connectivity index (χ4n) is 2.48. The van der Waals surface area contributed by atoms with Crippen LogP contribution in [0.5, 0.6) is 0 Å². The van der Waals surface area contributed by atoms with E-state index in [1.807, 2.05) is 38.1 Å². The summed E-state index contributed by atoms with van der Waals surface area (Å²) in [5.74, 6) is 0.303. The van der Waals surface area contributed by atoms with Gasteiger partial charge in [-0.2, -0.15) is 9.78 Å². The summed E-state index contributed by atoms with van der Waals surface area (Å²) in [4.78, 5) is 11.3. The van der Waals surface area contributed by atoms with Gasteiger partial charge in [-0.3, -0.25) is 0 Å². The number of hydrogen-bond acceptors (Lipinski definition) is 6. The van der Waals surface area contributed by atoms with Crippen LogP contribution in [-0.2, 0) is 5.75 Å². The third kappa shape index (κ3) is 4.88. The van der Waals surface area contributed by atoms with Crippen LogP contribution >= 0.6 is 27.7 Å². The second-order valence-corrected chi connectivity index (χ2v) is 8.20. The second kappa shape index (κ2) is 9.16. The highest BCUT2D eigenvalue weighted by Gasteiger charge is 2.15. The van der Waals surface area contributed by atoms with Crippen molar-refractivity contribution in [3.63, 3.8) is 0 Å². The lowest BCUT2D eigenvalue weighted by atomic mass is 10.1. The number of nitrogens with zero attached hydrogens (tertiary/aromatic N) is 4. The van der Waals surface area contributed by atoms with Crippen molar-refractivity contribution in [3.8, 4) is 0 Å². The summed E-state index contributed by atoms with van der Waals surface area (Å²) in [6.45, 7) is 4.02. The number of benzene rings is 2. The molecule has 0 atom stereocenters. The first kappa shape index (κ1) is 20.3. The Hall–Kier alpha value is -2.45. The van der Waals surface area contributed by atoms with E-state index >= 15 is 0 Å². The average molecular weight is 458 g/mol. The van der Waals surface area contributed by atoms with E-state index < -0.39 is 5.97 Å². The number of carbonyl (C=O) groups is 1. The van der Waals surface area contributed by atoms with Gasteiger partial charge in [0.1, 0.15) is 0 Å². The zero-order chi connectivity index (χ0) is 20.1. The second-order valence-electron chi connectivity index (χ2n) is 6.34. The molecule has 1 aromatic heterocycles. The minimum atomic E-state index is -1.24. The van der Waals surface area contributed by atoms with Gasteiger partial charge in [-0.1, -0.05) is 77.9 Å². The first-order chi connectivity index (χ1) is 13.5. The largest absolute Gasteiger partial charge is 0.545 e. The van der Waals surface area contributed by atoms with Gasteiger partial charge < -0.3 is 9.90 Å². The molecule has 144 valence electrons. The molecule has 0 bridgehead atoms. The van der Waals surface area contributed by atoms with E-state index in [0.717, 1.165) is 10.0 Å². The van der Waals surface area contributed by atoms with Gasteiger partial charge in [-0.25, -0.2) is 0 Å². The molecule has 1 heterocycles. The molecule has 3 aromatic rings. The molecule has 28 heavy (non-hydrogen) atoms. The van der Waals surface area contributed by atoms with E-state index in [4.69, 9.17) is 0 Å². The van der Waals surface area contributed by atoms with E-state index in [1.54, 1.807) is 22.9 Å². The van der Waals surface area contributed by atoms with E-state index in [1.165, 1.54) is 24.0 Å². The van der Waals surface area contributed by atoms with Gasteiger partial charge in [0, 0.05) is 27.3 Å². The molecule has 0 radical (unpaired) electrons. The van der Waals surface area contributed by atoms with Crippen LogP contribution in [0, 0.1) is 0 Å². The van der Waals surface area contributed by atoms with Gasteiger partial charge in [0.25, 0.3) is 0 Å². The molecule has 2 aromatic carbocycles. The highest BCUT2D eigenvalue weighted by molar-refractivity contribution is 9.10. The van der Waals surface area contributed by atoms with Crippen LogP contribution in [0.15, 0.2) is 63.3 Å². The summed E-state index contributed by atoms with van der Waals surface area (Å²) < 4.78 is 2.70. The molecule has 6 nitrogen and oxygen atoms in total. The number of thioether (sulfide) groups is 1. The van der Waals surface area contributed by atoms with Gasteiger partial charge >= 0.3 is 0 Å². The first-order valence-corrected chi connectivity index (χ1v) is 10.4. The number of carboxylic acid groups (broad SMARTS) is 1. The average Bonchev–Trinajstić information content (AvgIpc) is 3.09. The lowest BCUT2D eigenvalue weighted by molar-refractivity contribution is -0.255. The number of rotatable bonds is 7. The molecule has 0 unspecified atom stereocenters. The predicted octanol–water partition coefficient (Wildman–Crippen LogP) is 3.70. The molecular formula is C20H18BrN4O2S-. The number of aromatic nitrogens is 3. The normalized spacial score (nSPS) is 11.4. The van der Waals surface area contributed by atoms with Gasteiger partial charge in [0.05, 0.1) is 12.2 Å². The standard InChI is InChI=1S/C20H19BrN4O2S/c1-13(2)18-23-24-20(28-12-14-7-9-16(21)10-8-14)25(18)22-11-15-5-3-4-6-17(15)19(26)27/h3-11,13H,12H2,1-2H3,(H,26,27)/p-1/b22-11-. The Morgan fingerprint density at radius 2 is 1.93 bits per heavy atom. The number of carbonyl (C=O) groups excluding carboxylic acids is 1. The number of hydrogen-bond donors (Lipinski definition) is 0. The molecule has 0 aliphatic heterocycles. The monoisotopic (exact) mass is 457 g/mol. The molecular weight excluding hydrogens is 440 g/mol. The molecule has 0 N–H and O–H groups in total. The SMILES string of the molecule is CC(C)c1nnc(SCc2ccc(Br)cc2)n1/N=C\c1ccccc1C(=O)[O-]. The van der Waals surface area contributed by atoms with Gasteiger partial charge in [0.15, 0.2) is 5.82 Å². The minimum absolute atomic E-state index is 0.0921. The van der Waals surface area contributed by atoms with Gasteiger partial charge in [-0.05, 0) is 17.7 Å². The maximum absolute atomic E-state index is 11.3. The zero-order valence-corrected chi connectivity index (χ0v) is 17.8. The Bertz CT molecular complexity index is 1000. The lowest BCUT2D eigenvalue weighted by Crippen LogP contribution is -2.23. The summed E-state index contributed by atoms with van der Waals surface area (Å²) in [6.07, 6.45) is 1.50. The minimum Gasteiger partial charge on any atom is -0.545 e. The molecule has 0 aliphatic rings. The number of aromatic carboxylic acids is 1.